The number of carbonyl (C=O) groups is 2. The maximum Gasteiger partial charge on any atom is 0.261 e. The summed E-state index contributed by atoms with van der Waals surface area (Å²) in [5.41, 5.74) is 2.02. The van der Waals surface area contributed by atoms with Crippen LogP contribution in [0.4, 0.5) is 11.4 Å². The zero-order valence-corrected chi connectivity index (χ0v) is 18.8. The molecule has 1 unspecified atom stereocenters. The van der Waals surface area contributed by atoms with Gasteiger partial charge in [-0.1, -0.05) is 12.1 Å². The molecule has 1 atom stereocenters. The first-order valence-corrected chi connectivity index (χ1v) is 12.3. The van der Waals surface area contributed by atoms with E-state index in [4.69, 9.17) is 4.74 Å². The van der Waals surface area contributed by atoms with Crippen LogP contribution in [0.15, 0.2) is 47.4 Å². The van der Waals surface area contributed by atoms with Gasteiger partial charge in [-0.2, -0.15) is 0 Å². The third-order valence-corrected chi connectivity index (χ3v) is 7.15. The van der Waals surface area contributed by atoms with Crippen LogP contribution in [0.25, 0.3) is 0 Å². The lowest BCUT2D eigenvalue weighted by molar-refractivity contribution is -0.116. The highest BCUT2D eigenvalue weighted by Crippen LogP contribution is 2.30. The summed E-state index contributed by atoms with van der Waals surface area (Å²) in [6.07, 6.45) is 3.34. The summed E-state index contributed by atoms with van der Waals surface area (Å²) in [5, 5.41) is 2.83. The molecule has 2 amide bonds. The lowest BCUT2D eigenvalue weighted by atomic mass is 10.0. The van der Waals surface area contributed by atoms with Crippen LogP contribution in [0.3, 0.4) is 0 Å². The largest absolute Gasteiger partial charge is 0.376 e. The Morgan fingerprint density at radius 2 is 1.97 bits per heavy atom. The van der Waals surface area contributed by atoms with Crippen molar-refractivity contribution in [3.8, 4) is 0 Å². The second-order valence-electron chi connectivity index (χ2n) is 8.06. The standard InChI is InChI=1S/C23H27N3O5S/c1-16(27)26-12-4-6-17-14-19(10-11-22(17)26)32(29,30)25-21-9-3-2-8-20(21)23(28)24-15-18-7-5-13-31-18/h2-3,8-11,14,18,25H,4-7,12-13,15H2,1H3,(H,24,28). The maximum atomic E-state index is 13.1. The Balaban J connectivity index is 1.54. The van der Waals surface area contributed by atoms with Crippen molar-refractivity contribution < 1.29 is 22.7 Å². The summed E-state index contributed by atoms with van der Waals surface area (Å²) in [7, 11) is -3.93. The first kappa shape index (κ1) is 22.3. The molecule has 0 spiro atoms. The van der Waals surface area contributed by atoms with Gasteiger partial charge in [0.25, 0.3) is 15.9 Å². The molecule has 32 heavy (non-hydrogen) atoms. The molecule has 2 aromatic carbocycles. The second-order valence-corrected chi connectivity index (χ2v) is 9.74. The fourth-order valence-corrected chi connectivity index (χ4v) is 5.28. The number of amides is 2. The molecule has 2 aliphatic heterocycles. The van der Waals surface area contributed by atoms with Crippen molar-refractivity contribution in [2.45, 2.75) is 43.6 Å². The number of para-hydroxylation sites is 1. The number of anilines is 2. The number of nitrogens with zero attached hydrogens (tertiary/aromatic N) is 1. The molecule has 8 nitrogen and oxygen atoms in total. The van der Waals surface area contributed by atoms with Crippen molar-refractivity contribution >= 4 is 33.2 Å². The minimum atomic E-state index is -3.93. The van der Waals surface area contributed by atoms with Crippen LogP contribution in [-0.4, -0.2) is 46.0 Å². The van der Waals surface area contributed by atoms with Crippen molar-refractivity contribution in [2.75, 3.05) is 29.3 Å². The number of ether oxygens (including phenoxy) is 1. The minimum absolute atomic E-state index is 0.00660. The number of rotatable bonds is 6. The molecule has 0 aliphatic carbocycles. The van der Waals surface area contributed by atoms with E-state index in [9.17, 15) is 18.0 Å². The van der Waals surface area contributed by atoms with Gasteiger partial charge in [0.15, 0.2) is 0 Å². The van der Waals surface area contributed by atoms with Crippen LogP contribution in [0.5, 0.6) is 0 Å². The Morgan fingerprint density at radius 1 is 1.16 bits per heavy atom. The zero-order chi connectivity index (χ0) is 22.7. The lowest BCUT2D eigenvalue weighted by Gasteiger charge is -2.28. The molecule has 0 bridgehead atoms. The molecule has 4 rings (SSSR count). The van der Waals surface area contributed by atoms with Gasteiger partial charge in [0, 0.05) is 32.3 Å². The van der Waals surface area contributed by atoms with Gasteiger partial charge >= 0.3 is 0 Å². The molecule has 2 heterocycles. The number of fused-ring (bicyclic) bond motifs is 1. The monoisotopic (exact) mass is 457 g/mol. The summed E-state index contributed by atoms with van der Waals surface area (Å²) in [4.78, 5) is 26.3. The molecule has 2 N–H and O–H groups in total. The van der Waals surface area contributed by atoms with Gasteiger partial charge in [-0.05, 0) is 61.6 Å². The predicted molar refractivity (Wildman–Crippen MR) is 121 cm³/mol. The normalized spacial score (nSPS) is 18.2. The lowest BCUT2D eigenvalue weighted by Crippen LogP contribution is -2.33. The van der Waals surface area contributed by atoms with Crippen molar-refractivity contribution in [1.82, 2.24) is 5.32 Å². The van der Waals surface area contributed by atoms with Crippen LogP contribution in [0, 0.1) is 0 Å². The molecule has 2 aromatic rings. The van der Waals surface area contributed by atoms with Gasteiger partial charge in [-0.3, -0.25) is 14.3 Å². The molecule has 0 saturated carbocycles. The molecule has 2 aliphatic rings. The van der Waals surface area contributed by atoms with E-state index in [2.05, 4.69) is 10.0 Å². The van der Waals surface area contributed by atoms with Gasteiger partial charge in [0.1, 0.15) is 0 Å². The third-order valence-electron chi connectivity index (χ3n) is 5.79. The van der Waals surface area contributed by atoms with Crippen LogP contribution in [-0.2, 0) is 26.0 Å². The summed E-state index contributed by atoms with van der Waals surface area (Å²) >= 11 is 0. The Hall–Kier alpha value is -2.91. The van der Waals surface area contributed by atoms with E-state index >= 15 is 0 Å². The Morgan fingerprint density at radius 3 is 2.72 bits per heavy atom. The Bertz CT molecular complexity index is 1130. The van der Waals surface area contributed by atoms with Gasteiger partial charge < -0.3 is 15.0 Å². The predicted octanol–water partition coefficient (Wildman–Crippen LogP) is 2.70. The number of hydrogen-bond donors (Lipinski definition) is 2. The van der Waals surface area contributed by atoms with E-state index in [1.807, 2.05) is 0 Å². The molecule has 170 valence electrons. The van der Waals surface area contributed by atoms with Crippen molar-refractivity contribution in [3.63, 3.8) is 0 Å². The van der Waals surface area contributed by atoms with Crippen molar-refractivity contribution in [3.05, 3.63) is 53.6 Å². The van der Waals surface area contributed by atoms with Gasteiger partial charge in [-0.25, -0.2) is 8.42 Å². The minimum Gasteiger partial charge on any atom is -0.376 e. The zero-order valence-electron chi connectivity index (χ0n) is 18.0. The fraction of sp³-hybridized carbons (Fsp3) is 0.391. The fourth-order valence-electron chi connectivity index (χ4n) is 4.15. The second kappa shape index (κ2) is 9.30. The number of carbonyl (C=O) groups excluding carboxylic acids is 2. The molecule has 1 saturated heterocycles. The average molecular weight is 458 g/mol. The topological polar surface area (TPSA) is 105 Å². The third kappa shape index (κ3) is 4.78. The van der Waals surface area contributed by atoms with E-state index in [-0.39, 0.29) is 34.1 Å². The van der Waals surface area contributed by atoms with E-state index in [1.54, 1.807) is 41.3 Å². The van der Waals surface area contributed by atoms with Crippen molar-refractivity contribution in [1.29, 1.82) is 0 Å². The smallest absolute Gasteiger partial charge is 0.261 e. The number of aryl methyl sites for hydroxylation is 1. The van der Waals surface area contributed by atoms with Crippen LogP contribution in [0.2, 0.25) is 0 Å². The highest BCUT2D eigenvalue weighted by atomic mass is 32.2. The molecular formula is C23H27N3O5S. The van der Waals surface area contributed by atoms with E-state index in [0.717, 1.165) is 30.5 Å². The first-order valence-electron chi connectivity index (χ1n) is 10.8. The average Bonchev–Trinajstić information content (AvgIpc) is 3.30. The number of sulfonamides is 1. The quantitative estimate of drug-likeness (QED) is 0.694. The molecule has 1 fully saturated rings. The highest BCUT2D eigenvalue weighted by Gasteiger charge is 2.24. The summed E-state index contributed by atoms with van der Waals surface area (Å²) < 4.78 is 34.3. The highest BCUT2D eigenvalue weighted by molar-refractivity contribution is 7.92. The SMILES string of the molecule is CC(=O)N1CCCc2cc(S(=O)(=O)Nc3ccccc3C(=O)NCC3CCCO3)ccc21. The molecule has 0 aromatic heterocycles. The number of hydrogen-bond acceptors (Lipinski definition) is 5. The van der Waals surface area contributed by atoms with Gasteiger partial charge in [0.05, 0.1) is 22.3 Å². The van der Waals surface area contributed by atoms with Gasteiger partial charge in [0.2, 0.25) is 5.91 Å². The van der Waals surface area contributed by atoms with E-state index in [0.29, 0.717) is 26.1 Å². The van der Waals surface area contributed by atoms with Crippen LogP contribution >= 0.6 is 0 Å². The maximum absolute atomic E-state index is 13.1. The Labute approximate surface area is 188 Å². The first-order chi connectivity index (χ1) is 15.3. The number of nitrogens with one attached hydrogen (secondary N) is 2. The van der Waals surface area contributed by atoms with Crippen molar-refractivity contribution in [2.24, 2.45) is 0 Å². The van der Waals surface area contributed by atoms with Crippen LogP contribution in [0.1, 0.15) is 42.1 Å². The Kier molecular flexibility index (Phi) is 6.48. The number of benzene rings is 2. The van der Waals surface area contributed by atoms with Gasteiger partial charge in [-0.15, -0.1) is 0 Å². The van der Waals surface area contributed by atoms with Crippen LogP contribution < -0.4 is 14.9 Å². The van der Waals surface area contributed by atoms with E-state index < -0.39 is 10.0 Å². The van der Waals surface area contributed by atoms with E-state index in [1.165, 1.54) is 13.0 Å². The molecule has 0 radical (unpaired) electrons. The summed E-state index contributed by atoms with van der Waals surface area (Å²) in [6, 6.07) is 11.3. The molecular weight excluding hydrogens is 430 g/mol. The summed E-state index contributed by atoms with van der Waals surface area (Å²) in [5.74, 6) is -0.427. The molecule has 9 heteroatoms. The summed E-state index contributed by atoms with van der Waals surface area (Å²) in [6.45, 7) is 3.21.